The first-order valence-electron chi connectivity index (χ1n) is 8.66. The molecule has 1 aliphatic heterocycles. The Bertz CT molecular complexity index is 1060. The monoisotopic (exact) mass is 349 g/mol. The topological polar surface area (TPSA) is 109 Å². The number of hydrogen-bond acceptors (Lipinski definition) is 6. The fraction of sp³-hybridized carbons (Fsp3) is 0.278. The van der Waals surface area contributed by atoms with E-state index in [1.54, 1.807) is 6.20 Å². The van der Waals surface area contributed by atoms with Crippen molar-refractivity contribution in [2.75, 3.05) is 32.0 Å². The zero-order valence-electron chi connectivity index (χ0n) is 14.2. The van der Waals surface area contributed by atoms with Crippen LogP contribution in [-0.2, 0) is 11.3 Å². The van der Waals surface area contributed by atoms with Crippen LogP contribution in [0.2, 0.25) is 0 Å². The second-order valence-corrected chi connectivity index (χ2v) is 6.48. The van der Waals surface area contributed by atoms with Crippen molar-refractivity contribution in [1.29, 1.82) is 0 Å². The van der Waals surface area contributed by atoms with Gasteiger partial charge in [-0.1, -0.05) is 6.07 Å². The molecule has 0 aliphatic carbocycles. The van der Waals surface area contributed by atoms with Crippen LogP contribution in [-0.4, -0.2) is 56.4 Å². The Kier molecular flexibility index (Phi) is 3.58. The lowest BCUT2D eigenvalue weighted by molar-refractivity contribution is 0.0332. The van der Waals surface area contributed by atoms with Crippen LogP contribution < -0.4 is 5.73 Å². The van der Waals surface area contributed by atoms with Crippen molar-refractivity contribution in [3.05, 3.63) is 36.3 Å². The van der Waals surface area contributed by atoms with Gasteiger partial charge in [0.1, 0.15) is 11.3 Å². The van der Waals surface area contributed by atoms with Crippen LogP contribution in [0.5, 0.6) is 0 Å². The highest BCUT2D eigenvalue weighted by Crippen LogP contribution is 2.29. The summed E-state index contributed by atoms with van der Waals surface area (Å²) < 4.78 is 5.41. The van der Waals surface area contributed by atoms with Gasteiger partial charge in [0.2, 0.25) is 0 Å². The SMILES string of the molecule is Nc1nc2cc(-c3cc[nH]n3)ccc2c2[nH]c(CN3CCOCC3)nc12. The van der Waals surface area contributed by atoms with Crippen molar-refractivity contribution in [2.45, 2.75) is 6.54 Å². The Morgan fingerprint density at radius 2 is 2.04 bits per heavy atom. The number of hydrogen-bond donors (Lipinski definition) is 3. The molecule has 0 amide bonds. The molecule has 26 heavy (non-hydrogen) atoms. The number of nitrogen functional groups attached to an aromatic ring is 1. The summed E-state index contributed by atoms with van der Waals surface area (Å²) in [6.07, 6.45) is 1.80. The van der Waals surface area contributed by atoms with Gasteiger partial charge in [-0.3, -0.25) is 10.00 Å². The Morgan fingerprint density at radius 3 is 2.85 bits per heavy atom. The summed E-state index contributed by atoms with van der Waals surface area (Å²) in [5.41, 5.74) is 10.6. The maximum atomic E-state index is 6.19. The van der Waals surface area contributed by atoms with Crippen LogP contribution in [0.3, 0.4) is 0 Å². The summed E-state index contributed by atoms with van der Waals surface area (Å²) >= 11 is 0. The molecule has 0 unspecified atom stereocenters. The molecular formula is C18H19N7O. The summed E-state index contributed by atoms with van der Waals surface area (Å²) in [6.45, 7) is 4.12. The number of rotatable bonds is 3. The Morgan fingerprint density at radius 1 is 1.15 bits per heavy atom. The lowest BCUT2D eigenvalue weighted by Crippen LogP contribution is -2.35. The van der Waals surface area contributed by atoms with Gasteiger partial charge >= 0.3 is 0 Å². The molecule has 1 aliphatic rings. The third kappa shape index (κ3) is 2.59. The second-order valence-electron chi connectivity index (χ2n) is 6.48. The van der Waals surface area contributed by atoms with E-state index in [1.165, 1.54) is 0 Å². The van der Waals surface area contributed by atoms with E-state index in [0.717, 1.165) is 71.9 Å². The quantitative estimate of drug-likeness (QED) is 0.521. The van der Waals surface area contributed by atoms with E-state index in [-0.39, 0.29) is 0 Å². The summed E-state index contributed by atoms with van der Waals surface area (Å²) in [6, 6.07) is 8.02. The van der Waals surface area contributed by atoms with E-state index < -0.39 is 0 Å². The van der Waals surface area contributed by atoms with Crippen LogP contribution in [0.15, 0.2) is 30.5 Å². The van der Waals surface area contributed by atoms with Crippen LogP contribution in [0.1, 0.15) is 5.82 Å². The minimum Gasteiger partial charge on any atom is -0.382 e. The Labute approximate surface area is 149 Å². The smallest absolute Gasteiger partial charge is 0.152 e. The predicted molar refractivity (Wildman–Crippen MR) is 99.5 cm³/mol. The number of H-pyrrole nitrogens is 2. The largest absolute Gasteiger partial charge is 0.382 e. The average molecular weight is 349 g/mol. The number of fused-ring (bicyclic) bond motifs is 3. The first-order chi connectivity index (χ1) is 12.8. The van der Waals surface area contributed by atoms with Crippen molar-refractivity contribution in [3.8, 4) is 11.3 Å². The number of imidazole rings is 1. The number of morpholine rings is 1. The van der Waals surface area contributed by atoms with Crippen molar-refractivity contribution >= 4 is 27.8 Å². The Hall–Kier alpha value is -2.97. The molecule has 132 valence electrons. The van der Waals surface area contributed by atoms with Gasteiger partial charge in [0, 0.05) is 30.2 Å². The minimum atomic E-state index is 0.441. The number of nitrogens with zero attached hydrogens (tertiary/aromatic N) is 4. The van der Waals surface area contributed by atoms with Gasteiger partial charge in [0.25, 0.3) is 0 Å². The van der Waals surface area contributed by atoms with E-state index >= 15 is 0 Å². The fourth-order valence-corrected chi connectivity index (χ4v) is 3.45. The molecule has 5 rings (SSSR count). The fourth-order valence-electron chi connectivity index (χ4n) is 3.45. The predicted octanol–water partition coefficient (Wildman–Crippen LogP) is 1.92. The minimum absolute atomic E-state index is 0.441. The number of anilines is 1. The molecule has 4 heterocycles. The molecule has 1 aromatic carbocycles. The molecule has 0 bridgehead atoms. The number of nitrogens with one attached hydrogen (secondary N) is 2. The third-order valence-corrected chi connectivity index (χ3v) is 4.78. The standard InChI is InChI=1S/C18H19N7O/c19-18-17-16(22-15(23-17)10-25-5-7-26-8-6-25)12-2-1-11(9-14(12)21-18)13-3-4-20-24-13/h1-4,9H,5-8,10H2,(H2,19,21)(H,20,24)(H,22,23). The summed E-state index contributed by atoms with van der Waals surface area (Å²) in [4.78, 5) is 15.0. The number of benzene rings is 1. The number of ether oxygens (including phenoxy) is 1. The first-order valence-corrected chi connectivity index (χ1v) is 8.66. The van der Waals surface area contributed by atoms with E-state index in [1.807, 2.05) is 24.3 Å². The molecule has 8 nitrogen and oxygen atoms in total. The maximum Gasteiger partial charge on any atom is 0.152 e. The molecule has 4 N–H and O–H groups in total. The van der Waals surface area contributed by atoms with Gasteiger partial charge in [-0.2, -0.15) is 5.10 Å². The molecule has 3 aromatic heterocycles. The second kappa shape index (κ2) is 6.08. The third-order valence-electron chi connectivity index (χ3n) is 4.78. The zero-order chi connectivity index (χ0) is 17.5. The lowest BCUT2D eigenvalue weighted by Gasteiger charge is -2.25. The number of pyridine rings is 1. The van der Waals surface area contributed by atoms with Crippen molar-refractivity contribution < 1.29 is 4.74 Å². The molecule has 1 fully saturated rings. The molecule has 0 radical (unpaired) electrons. The highest BCUT2D eigenvalue weighted by atomic mass is 16.5. The van der Waals surface area contributed by atoms with Gasteiger partial charge in [-0.05, 0) is 18.2 Å². The number of aromatic nitrogens is 5. The van der Waals surface area contributed by atoms with Gasteiger partial charge in [0.05, 0.1) is 36.5 Å². The maximum absolute atomic E-state index is 6.19. The molecular weight excluding hydrogens is 330 g/mol. The van der Waals surface area contributed by atoms with Crippen molar-refractivity contribution in [1.82, 2.24) is 30.0 Å². The average Bonchev–Trinajstić information content (AvgIpc) is 3.32. The first kappa shape index (κ1) is 15.3. The van der Waals surface area contributed by atoms with E-state index in [4.69, 9.17) is 10.5 Å². The van der Waals surface area contributed by atoms with E-state index in [9.17, 15) is 0 Å². The van der Waals surface area contributed by atoms with Crippen molar-refractivity contribution in [3.63, 3.8) is 0 Å². The Balaban J connectivity index is 1.58. The lowest BCUT2D eigenvalue weighted by atomic mass is 10.1. The highest BCUT2D eigenvalue weighted by molar-refractivity contribution is 6.06. The van der Waals surface area contributed by atoms with Gasteiger partial charge < -0.3 is 15.5 Å². The number of aromatic amines is 2. The van der Waals surface area contributed by atoms with Crippen LogP contribution in [0.4, 0.5) is 5.82 Å². The molecule has 0 atom stereocenters. The van der Waals surface area contributed by atoms with E-state index in [2.05, 4.69) is 30.0 Å². The van der Waals surface area contributed by atoms with Crippen molar-refractivity contribution in [2.24, 2.45) is 0 Å². The molecule has 4 aromatic rings. The van der Waals surface area contributed by atoms with Crippen LogP contribution in [0, 0.1) is 0 Å². The summed E-state index contributed by atoms with van der Waals surface area (Å²) in [5, 5.41) is 8.07. The van der Waals surface area contributed by atoms with Gasteiger partial charge in [-0.15, -0.1) is 0 Å². The van der Waals surface area contributed by atoms with E-state index in [0.29, 0.717) is 5.82 Å². The number of nitrogens with two attached hydrogens (primary N) is 1. The normalized spacial score (nSPS) is 15.8. The van der Waals surface area contributed by atoms with Gasteiger partial charge in [0.15, 0.2) is 5.82 Å². The van der Waals surface area contributed by atoms with Crippen LogP contribution in [0.25, 0.3) is 33.2 Å². The highest BCUT2D eigenvalue weighted by Gasteiger charge is 2.16. The van der Waals surface area contributed by atoms with Crippen LogP contribution >= 0.6 is 0 Å². The molecule has 0 saturated carbocycles. The zero-order valence-corrected chi connectivity index (χ0v) is 14.2. The molecule has 1 saturated heterocycles. The summed E-state index contributed by atoms with van der Waals surface area (Å²) in [5.74, 6) is 1.34. The molecule has 8 heteroatoms. The summed E-state index contributed by atoms with van der Waals surface area (Å²) in [7, 11) is 0. The molecule has 0 spiro atoms. The van der Waals surface area contributed by atoms with Gasteiger partial charge in [-0.25, -0.2) is 9.97 Å².